The van der Waals surface area contributed by atoms with E-state index in [1.54, 1.807) is 72.8 Å². The molecule has 43 heavy (non-hydrogen) atoms. The molecule has 0 unspecified atom stereocenters. The second kappa shape index (κ2) is 11.3. The van der Waals surface area contributed by atoms with Crippen molar-refractivity contribution in [3.63, 3.8) is 0 Å². The standard InChI is InChI=1S/C31H22BrN3O8/c1-41-25-16-19(10-15-24(25)42-31(38)18-6-3-2-4-7-18)27-26-28(43-34(27)22-8-5-9-23(17-22)35(39)40)30(37)33(29(26)36)21-13-11-20(32)12-14-21/h2-17,26-28H,1H3/t26-,27-,28+/m1/s1. The van der Waals surface area contributed by atoms with E-state index >= 15 is 0 Å². The van der Waals surface area contributed by atoms with E-state index in [-0.39, 0.29) is 22.9 Å². The van der Waals surface area contributed by atoms with Crippen LogP contribution in [0.5, 0.6) is 11.5 Å². The molecule has 2 fully saturated rings. The molecule has 0 radical (unpaired) electrons. The molecule has 0 spiro atoms. The van der Waals surface area contributed by atoms with Gasteiger partial charge in [-0.05, 0) is 60.2 Å². The fourth-order valence-corrected chi connectivity index (χ4v) is 5.52. The van der Waals surface area contributed by atoms with Crippen LogP contribution in [0, 0.1) is 16.0 Å². The number of nitro groups is 1. The third-order valence-corrected chi connectivity index (χ3v) is 7.77. The van der Waals surface area contributed by atoms with E-state index in [1.165, 1.54) is 36.4 Å². The molecule has 11 nitrogen and oxygen atoms in total. The predicted molar refractivity (Wildman–Crippen MR) is 158 cm³/mol. The third-order valence-electron chi connectivity index (χ3n) is 7.24. The zero-order chi connectivity index (χ0) is 30.2. The molecule has 6 rings (SSSR count). The molecule has 2 heterocycles. The number of nitrogens with zero attached hydrogens (tertiary/aromatic N) is 3. The van der Waals surface area contributed by atoms with Crippen molar-refractivity contribution in [3.8, 4) is 11.5 Å². The van der Waals surface area contributed by atoms with E-state index in [9.17, 15) is 24.5 Å². The highest BCUT2D eigenvalue weighted by atomic mass is 79.9. The molecule has 2 aliphatic rings. The van der Waals surface area contributed by atoms with E-state index in [0.717, 1.165) is 9.37 Å². The van der Waals surface area contributed by atoms with Crippen LogP contribution in [0.3, 0.4) is 0 Å². The summed E-state index contributed by atoms with van der Waals surface area (Å²) in [4.78, 5) is 58.4. The van der Waals surface area contributed by atoms with Gasteiger partial charge in [0.2, 0.25) is 5.91 Å². The highest BCUT2D eigenvalue weighted by Gasteiger charge is 2.60. The Morgan fingerprint density at radius 3 is 2.33 bits per heavy atom. The number of ether oxygens (including phenoxy) is 2. The molecule has 12 heteroatoms. The summed E-state index contributed by atoms with van der Waals surface area (Å²) in [6.45, 7) is 0. The van der Waals surface area contributed by atoms with Gasteiger partial charge in [0.25, 0.3) is 11.6 Å². The molecular formula is C31H22BrN3O8. The van der Waals surface area contributed by atoms with E-state index in [1.807, 2.05) is 0 Å². The van der Waals surface area contributed by atoms with Gasteiger partial charge < -0.3 is 9.47 Å². The number of hydrogen-bond acceptors (Lipinski definition) is 9. The van der Waals surface area contributed by atoms with Crippen LogP contribution in [0.2, 0.25) is 0 Å². The average Bonchev–Trinajstić information content (AvgIpc) is 3.53. The Labute approximate surface area is 253 Å². The number of methoxy groups -OCH3 is 1. The predicted octanol–water partition coefficient (Wildman–Crippen LogP) is 5.64. The summed E-state index contributed by atoms with van der Waals surface area (Å²) >= 11 is 3.36. The van der Waals surface area contributed by atoms with Gasteiger partial charge in [-0.25, -0.2) is 14.8 Å². The van der Waals surface area contributed by atoms with Gasteiger partial charge in [0.1, 0.15) is 5.92 Å². The maximum atomic E-state index is 13.9. The number of rotatable bonds is 7. The first-order valence-electron chi connectivity index (χ1n) is 13.1. The number of amides is 2. The van der Waals surface area contributed by atoms with Gasteiger partial charge >= 0.3 is 5.97 Å². The van der Waals surface area contributed by atoms with Gasteiger partial charge in [-0.15, -0.1) is 0 Å². The van der Waals surface area contributed by atoms with E-state index in [4.69, 9.17) is 14.3 Å². The van der Waals surface area contributed by atoms with Crippen LogP contribution in [0.1, 0.15) is 22.0 Å². The Kier molecular flexibility index (Phi) is 7.38. The Morgan fingerprint density at radius 2 is 1.63 bits per heavy atom. The van der Waals surface area contributed by atoms with Crippen molar-refractivity contribution in [1.29, 1.82) is 0 Å². The summed E-state index contributed by atoms with van der Waals surface area (Å²) in [6, 6.07) is 24.8. The van der Waals surface area contributed by atoms with Crippen molar-refractivity contribution < 1.29 is 33.6 Å². The number of carbonyl (C=O) groups excluding carboxylic acids is 3. The van der Waals surface area contributed by atoms with Crippen LogP contribution in [-0.4, -0.2) is 35.9 Å². The lowest BCUT2D eigenvalue weighted by atomic mass is 9.90. The van der Waals surface area contributed by atoms with E-state index < -0.39 is 40.8 Å². The normalized spacial score (nSPS) is 19.3. The summed E-state index contributed by atoms with van der Waals surface area (Å²) in [5, 5.41) is 12.9. The first kappa shape index (κ1) is 28.1. The van der Waals surface area contributed by atoms with Crippen LogP contribution in [-0.2, 0) is 14.4 Å². The fraction of sp³-hybridized carbons (Fsp3) is 0.129. The van der Waals surface area contributed by atoms with Crippen LogP contribution >= 0.6 is 15.9 Å². The Morgan fingerprint density at radius 1 is 0.884 bits per heavy atom. The van der Waals surface area contributed by atoms with Gasteiger partial charge in [0.05, 0.1) is 35.0 Å². The smallest absolute Gasteiger partial charge is 0.343 e. The van der Waals surface area contributed by atoms with Crippen LogP contribution < -0.4 is 19.4 Å². The summed E-state index contributed by atoms with van der Waals surface area (Å²) in [7, 11) is 1.41. The van der Waals surface area contributed by atoms with E-state index in [0.29, 0.717) is 16.8 Å². The maximum Gasteiger partial charge on any atom is 0.343 e. The zero-order valence-corrected chi connectivity index (χ0v) is 24.0. The molecule has 2 saturated heterocycles. The number of carbonyl (C=O) groups is 3. The number of fused-ring (bicyclic) bond motifs is 1. The SMILES string of the molecule is COc1cc([C@@H]2[C@H]3C(=O)N(c4ccc(Br)cc4)C(=O)[C@H]3ON2c2cccc([N+](=O)[O-])c2)ccc1OC(=O)c1ccccc1. The number of benzene rings is 4. The van der Waals surface area contributed by atoms with Crippen molar-refractivity contribution in [2.45, 2.75) is 12.1 Å². The van der Waals surface area contributed by atoms with Gasteiger partial charge in [0, 0.05) is 16.6 Å². The highest BCUT2D eigenvalue weighted by Crippen LogP contribution is 2.49. The fourth-order valence-electron chi connectivity index (χ4n) is 5.25. The van der Waals surface area contributed by atoms with Gasteiger partial charge in [-0.3, -0.25) is 24.5 Å². The third kappa shape index (κ3) is 5.11. The van der Waals surface area contributed by atoms with Crippen molar-refractivity contribution in [3.05, 3.63) is 123 Å². The lowest BCUT2D eigenvalue weighted by Gasteiger charge is -2.29. The topological polar surface area (TPSA) is 129 Å². The first-order valence-corrected chi connectivity index (χ1v) is 13.8. The molecule has 0 N–H and O–H groups in total. The second-order valence-corrected chi connectivity index (χ2v) is 10.7. The molecule has 0 aromatic heterocycles. The number of esters is 1. The number of hydrogen-bond donors (Lipinski definition) is 0. The molecule has 0 saturated carbocycles. The number of hydroxylamine groups is 1. The Hall–Kier alpha value is -5.07. The van der Waals surface area contributed by atoms with Crippen LogP contribution in [0.4, 0.5) is 17.1 Å². The summed E-state index contributed by atoms with van der Waals surface area (Å²) in [5.41, 5.74) is 1.32. The van der Waals surface area contributed by atoms with Gasteiger partial charge in [-0.2, -0.15) is 0 Å². The first-order chi connectivity index (χ1) is 20.8. The lowest BCUT2D eigenvalue weighted by molar-refractivity contribution is -0.384. The summed E-state index contributed by atoms with van der Waals surface area (Å²) < 4.78 is 11.9. The molecule has 2 aliphatic heterocycles. The largest absolute Gasteiger partial charge is 0.493 e. The maximum absolute atomic E-state index is 13.9. The number of non-ortho nitro benzene ring substituents is 1. The summed E-state index contributed by atoms with van der Waals surface area (Å²) in [5.74, 6) is -2.30. The van der Waals surface area contributed by atoms with Gasteiger partial charge in [-0.1, -0.05) is 46.3 Å². The minimum atomic E-state index is -1.19. The van der Waals surface area contributed by atoms with Crippen molar-refractivity contribution >= 4 is 50.8 Å². The quantitative estimate of drug-likeness (QED) is 0.0826. The van der Waals surface area contributed by atoms with Crippen molar-refractivity contribution in [2.24, 2.45) is 5.92 Å². The molecule has 4 aromatic rings. The monoisotopic (exact) mass is 643 g/mol. The minimum absolute atomic E-state index is 0.141. The lowest BCUT2D eigenvalue weighted by Crippen LogP contribution is -2.37. The minimum Gasteiger partial charge on any atom is -0.493 e. The molecule has 3 atom stereocenters. The average molecular weight is 644 g/mol. The molecular weight excluding hydrogens is 622 g/mol. The van der Waals surface area contributed by atoms with Crippen molar-refractivity contribution in [1.82, 2.24) is 0 Å². The molecule has 2 amide bonds. The van der Waals surface area contributed by atoms with Gasteiger partial charge in [0.15, 0.2) is 17.6 Å². The zero-order valence-electron chi connectivity index (χ0n) is 22.5. The molecule has 0 aliphatic carbocycles. The number of imide groups is 1. The molecule has 216 valence electrons. The number of nitro benzene ring substituents is 1. The Bertz CT molecular complexity index is 1750. The summed E-state index contributed by atoms with van der Waals surface area (Å²) in [6.07, 6.45) is -1.19. The number of halogens is 1. The second-order valence-electron chi connectivity index (χ2n) is 9.75. The van der Waals surface area contributed by atoms with E-state index in [2.05, 4.69) is 15.9 Å². The Balaban J connectivity index is 1.40. The van der Waals surface area contributed by atoms with Crippen LogP contribution in [0.25, 0.3) is 0 Å². The number of anilines is 2. The van der Waals surface area contributed by atoms with Crippen molar-refractivity contribution in [2.75, 3.05) is 17.1 Å². The highest BCUT2D eigenvalue weighted by molar-refractivity contribution is 9.10. The molecule has 0 bridgehead atoms. The van der Waals surface area contributed by atoms with Crippen LogP contribution in [0.15, 0.2) is 102 Å². The molecule has 4 aromatic carbocycles.